The zero-order valence-corrected chi connectivity index (χ0v) is 13.5. The highest BCUT2D eigenvalue weighted by Crippen LogP contribution is 2.21. The van der Waals surface area contributed by atoms with Crippen molar-refractivity contribution in [3.63, 3.8) is 0 Å². The van der Waals surface area contributed by atoms with E-state index >= 15 is 0 Å². The fraction of sp³-hybridized carbons (Fsp3) is 0.385. The van der Waals surface area contributed by atoms with Crippen molar-refractivity contribution >= 4 is 45.3 Å². The van der Waals surface area contributed by atoms with Crippen LogP contribution in [0.15, 0.2) is 21.4 Å². The minimum absolute atomic E-state index is 0.0789. The van der Waals surface area contributed by atoms with Crippen molar-refractivity contribution in [3.8, 4) is 0 Å². The average Bonchev–Trinajstić information content (AvgIpc) is 3.13. The van der Waals surface area contributed by atoms with Crippen molar-refractivity contribution in [3.05, 3.63) is 21.8 Å². The number of fused-ring (bicyclic) bond motifs is 1. The molecule has 3 amide bonds. The van der Waals surface area contributed by atoms with Crippen LogP contribution in [-0.2, 0) is 11.3 Å². The molecule has 2 aromatic rings. The highest BCUT2D eigenvalue weighted by Gasteiger charge is 2.26. The number of carbonyl (C=O) groups excluding carboxylic acids is 2. The van der Waals surface area contributed by atoms with Crippen LogP contribution >= 0.6 is 23.1 Å². The van der Waals surface area contributed by atoms with Crippen LogP contribution < -0.4 is 10.9 Å². The zero-order valence-electron chi connectivity index (χ0n) is 11.9. The number of nitrogens with one attached hydrogen (secondary N) is 1. The Labute approximate surface area is 134 Å². The number of nitrogens with zero attached hydrogens (tertiary/aromatic N) is 3. The summed E-state index contributed by atoms with van der Waals surface area (Å²) in [5.41, 5.74) is 0.560. The molecule has 9 heteroatoms. The van der Waals surface area contributed by atoms with E-state index in [0.29, 0.717) is 35.0 Å². The van der Waals surface area contributed by atoms with E-state index in [4.69, 9.17) is 0 Å². The second-order valence-electron chi connectivity index (χ2n) is 4.64. The van der Waals surface area contributed by atoms with Gasteiger partial charge in [0.2, 0.25) is 5.91 Å². The van der Waals surface area contributed by atoms with E-state index in [-0.39, 0.29) is 23.3 Å². The third kappa shape index (κ3) is 2.61. The second kappa shape index (κ2) is 6.09. The molecule has 2 aromatic heterocycles. The molecule has 7 nitrogen and oxygen atoms in total. The molecule has 0 radical (unpaired) electrons. The molecule has 1 saturated heterocycles. The zero-order chi connectivity index (χ0) is 15.7. The number of aromatic nitrogens is 2. The predicted octanol–water partition coefficient (Wildman–Crippen LogP) is 1.12. The number of hydrogen-bond donors (Lipinski definition) is 1. The molecule has 1 aliphatic heterocycles. The van der Waals surface area contributed by atoms with Crippen molar-refractivity contribution in [2.45, 2.75) is 18.6 Å². The Morgan fingerprint density at radius 1 is 1.50 bits per heavy atom. The molecule has 0 aromatic carbocycles. The smallest absolute Gasteiger partial charge is 0.324 e. The van der Waals surface area contributed by atoms with E-state index < -0.39 is 0 Å². The topological polar surface area (TPSA) is 84.3 Å². The molecule has 116 valence electrons. The molecule has 0 saturated carbocycles. The van der Waals surface area contributed by atoms with Crippen LogP contribution in [0.5, 0.6) is 0 Å². The van der Waals surface area contributed by atoms with Crippen LogP contribution in [-0.4, -0.2) is 45.2 Å². The minimum atomic E-state index is -0.361. The summed E-state index contributed by atoms with van der Waals surface area (Å²) in [4.78, 5) is 41.5. The summed E-state index contributed by atoms with van der Waals surface area (Å²) < 4.78 is 2.18. The Kier molecular flexibility index (Phi) is 4.16. The first-order valence-corrected chi connectivity index (χ1v) is 8.67. The van der Waals surface area contributed by atoms with Crippen molar-refractivity contribution in [2.75, 3.05) is 18.8 Å². The van der Waals surface area contributed by atoms with Crippen LogP contribution in [0.25, 0.3) is 10.2 Å². The fourth-order valence-corrected chi connectivity index (χ4v) is 3.94. The van der Waals surface area contributed by atoms with Gasteiger partial charge in [0.05, 0.1) is 11.3 Å². The monoisotopic (exact) mass is 338 g/mol. The maximum absolute atomic E-state index is 12.4. The lowest BCUT2D eigenvalue weighted by molar-refractivity contribution is -0.124. The number of imide groups is 1. The summed E-state index contributed by atoms with van der Waals surface area (Å²) in [5.74, 6) is -0.197. The van der Waals surface area contributed by atoms with Gasteiger partial charge in [-0.05, 0) is 18.4 Å². The van der Waals surface area contributed by atoms with Gasteiger partial charge in [0, 0.05) is 19.6 Å². The van der Waals surface area contributed by atoms with Gasteiger partial charge in [-0.15, -0.1) is 11.3 Å². The molecule has 3 heterocycles. The summed E-state index contributed by atoms with van der Waals surface area (Å²) in [6, 6.07) is 1.43. The third-order valence-electron chi connectivity index (χ3n) is 3.33. The Bertz CT molecular complexity index is 798. The number of thiophene rings is 1. The van der Waals surface area contributed by atoms with E-state index in [1.807, 2.05) is 12.3 Å². The summed E-state index contributed by atoms with van der Waals surface area (Å²) in [7, 11) is 0. The van der Waals surface area contributed by atoms with Crippen LogP contribution in [0.3, 0.4) is 0 Å². The van der Waals surface area contributed by atoms with Gasteiger partial charge in [0.25, 0.3) is 5.56 Å². The van der Waals surface area contributed by atoms with Gasteiger partial charge in [-0.25, -0.2) is 9.78 Å². The van der Waals surface area contributed by atoms with Crippen LogP contribution in [0.2, 0.25) is 0 Å². The summed E-state index contributed by atoms with van der Waals surface area (Å²) in [6.07, 6.45) is 0. The number of carbonyl (C=O) groups is 2. The first-order chi connectivity index (χ1) is 10.6. The van der Waals surface area contributed by atoms with Gasteiger partial charge in [0.1, 0.15) is 4.70 Å². The molecule has 3 rings (SSSR count). The largest absolute Gasteiger partial charge is 0.336 e. The molecule has 1 N–H and O–H groups in total. The van der Waals surface area contributed by atoms with E-state index in [1.54, 1.807) is 10.6 Å². The number of hydrogen-bond acceptors (Lipinski definition) is 6. The van der Waals surface area contributed by atoms with Gasteiger partial charge in [-0.1, -0.05) is 11.8 Å². The molecule has 0 aliphatic carbocycles. The van der Waals surface area contributed by atoms with Gasteiger partial charge >= 0.3 is 6.03 Å². The number of thioether (sulfide) groups is 1. The molecular formula is C13H14N4O3S2. The maximum atomic E-state index is 12.4. The number of urea groups is 1. The van der Waals surface area contributed by atoms with E-state index in [1.165, 1.54) is 28.0 Å². The molecule has 1 fully saturated rings. The highest BCUT2D eigenvalue weighted by atomic mass is 32.2. The molecule has 22 heavy (non-hydrogen) atoms. The Morgan fingerprint density at radius 3 is 3.00 bits per heavy atom. The average molecular weight is 338 g/mol. The summed E-state index contributed by atoms with van der Waals surface area (Å²) >= 11 is 2.55. The van der Waals surface area contributed by atoms with Crippen molar-refractivity contribution in [2.24, 2.45) is 0 Å². The quantitative estimate of drug-likeness (QED) is 0.667. The number of rotatable bonds is 4. The molecule has 1 aliphatic rings. The highest BCUT2D eigenvalue weighted by molar-refractivity contribution is 7.99. The van der Waals surface area contributed by atoms with Crippen molar-refractivity contribution < 1.29 is 9.59 Å². The van der Waals surface area contributed by atoms with E-state index in [2.05, 4.69) is 10.3 Å². The van der Waals surface area contributed by atoms with Crippen LogP contribution in [0, 0.1) is 0 Å². The molecule has 0 atom stereocenters. The SMILES string of the molecule is CCn1c(SCC(=O)N2CCNC2=O)nc2ccsc2c1=O. The Morgan fingerprint density at radius 2 is 2.32 bits per heavy atom. The molecule has 0 unspecified atom stereocenters. The van der Waals surface area contributed by atoms with Crippen molar-refractivity contribution in [1.82, 2.24) is 19.8 Å². The lowest BCUT2D eigenvalue weighted by atomic mass is 10.5. The van der Waals surface area contributed by atoms with Gasteiger partial charge in [0.15, 0.2) is 5.16 Å². The predicted molar refractivity (Wildman–Crippen MR) is 85.4 cm³/mol. The van der Waals surface area contributed by atoms with Crippen LogP contribution in [0.1, 0.15) is 6.92 Å². The maximum Gasteiger partial charge on any atom is 0.324 e. The number of amides is 3. The lowest BCUT2D eigenvalue weighted by Crippen LogP contribution is -2.35. The fourth-order valence-electron chi connectivity index (χ4n) is 2.23. The standard InChI is InChI=1S/C13H14N4O3S2/c1-2-16-11(19)10-8(3-6-21-10)15-13(16)22-7-9(18)17-5-4-14-12(17)20/h3,6H,2,4-5,7H2,1H3,(H,14,20). The van der Waals surface area contributed by atoms with Gasteiger partial charge in [-0.3, -0.25) is 19.1 Å². The molecular weight excluding hydrogens is 324 g/mol. The summed E-state index contributed by atoms with van der Waals surface area (Å²) in [5, 5.41) is 4.92. The summed E-state index contributed by atoms with van der Waals surface area (Å²) in [6.45, 7) is 3.21. The van der Waals surface area contributed by atoms with E-state index in [9.17, 15) is 14.4 Å². The first-order valence-electron chi connectivity index (χ1n) is 6.81. The minimum Gasteiger partial charge on any atom is -0.336 e. The normalized spacial score (nSPS) is 14.6. The Hall–Kier alpha value is -1.87. The Balaban J connectivity index is 1.83. The van der Waals surface area contributed by atoms with E-state index in [0.717, 1.165) is 0 Å². The van der Waals surface area contributed by atoms with Crippen LogP contribution in [0.4, 0.5) is 4.79 Å². The molecule has 0 bridgehead atoms. The third-order valence-corrected chi connectivity index (χ3v) is 5.18. The van der Waals surface area contributed by atoms with Gasteiger partial charge in [-0.2, -0.15) is 0 Å². The second-order valence-corrected chi connectivity index (χ2v) is 6.50. The lowest BCUT2D eigenvalue weighted by Gasteiger charge is -2.13. The van der Waals surface area contributed by atoms with Gasteiger partial charge < -0.3 is 5.32 Å². The van der Waals surface area contributed by atoms with Crippen molar-refractivity contribution in [1.29, 1.82) is 0 Å². The molecule has 0 spiro atoms. The first kappa shape index (κ1) is 15.0.